The lowest BCUT2D eigenvalue weighted by atomic mass is 10.0. The maximum Gasteiger partial charge on any atom is 0.0345 e. The summed E-state index contributed by atoms with van der Waals surface area (Å²) in [5.41, 5.74) is 1.46. The summed E-state index contributed by atoms with van der Waals surface area (Å²) >= 11 is 1.83. The summed E-state index contributed by atoms with van der Waals surface area (Å²) in [6.45, 7) is 4.53. The van der Waals surface area contributed by atoms with Crippen LogP contribution in [0.15, 0.2) is 29.6 Å². The van der Waals surface area contributed by atoms with Crippen molar-refractivity contribution < 1.29 is 0 Å². The molecule has 0 unspecified atom stereocenters. The largest absolute Gasteiger partial charge is 0.144 e. The monoisotopic (exact) mass is 190 g/mol. The lowest BCUT2D eigenvalue weighted by Gasteiger charge is -2.04. The first kappa shape index (κ1) is 8.76. The van der Waals surface area contributed by atoms with Crippen molar-refractivity contribution in [3.8, 4) is 0 Å². The molecule has 0 atom stereocenters. The molecule has 0 N–H and O–H groups in total. The molecule has 0 saturated carbocycles. The second kappa shape index (κ2) is 3.51. The number of hydrogen-bond acceptors (Lipinski definition) is 1. The molecule has 0 aliphatic carbocycles. The number of thiophene rings is 1. The van der Waals surface area contributed by atoms with Crippen LogP contribution in [0.4, 0.5) is 0 Å². The fraction of sp³-hybridized carbons (Fsp3) is 0.333. The van der Waals surface area contributed by atoms with Gasteiger partial charge in [0.2, 0.25) is 0 Å². The summed E-state index contributed by atoms with van der Waals surface area (Å²) in [6, 6.07) is 8.97. The third-order valence-electron chi connectivity index (χ3n) is 2.16. The van der Waals surface area contributed by atoms with Crippen LogP contribution in [0.5, 0.6) is 0 Å². The number of benzene rings is 1. The van der Waals surface area contributed by atoms with Gasteiger partial charge in [-0.3, -0.25) is 0 Å². The maximum absolute atomic E-state index is 2.32. The van der Waals surface area contributed by atoms with E-state index in [0.29, 0.717) is 0 Å². The first-order valence-corrected chi connectivity index (χ1v) is 5.60. The highest BCUT2D eigenvalue weighted by molar-refractivity contribution is 7.17. The molecule has 0 radical (unpaired) electrons. The van der Waals surface area contributed by atoms with Crippen LogP contribution in [0, 0.1) is 5.92 Å². The topological polar surface area (TPSA) is 0 Å². The minimum atomic E-state index is 0.748. The highest BCUT2D eigenvalue weighted by atomic mass is 32.1. The van der Waals surface area contributed by atoms with Gasteiger partial charge in [-0.15, -0.1) is 11.3 Å². The van der Waals surface area contributed by atoms with E-state index in [1.165, 1.54) is 22.1 Å². The number of fused-ring (bicyclic) bond motifs is 1. The molecule has 0 spiro atoms. The maximum atomic E-state index is 2.32. The molecule has 0 fully saturated rings. The Morgan fingerprint density at radius 3 is 2.85 bits per heavy atom. The van der Waals surface area contributed by atoms with E-state index in [4.69, 9.17) is 0 Å². The lowest BCUT2D eigenvalue weighted by molar-refractivity contribution is 0.648. The van der Waals surface area contributed by atoms with E-state index in [0.717, 1.165) is 5.92 Å². The highest BCUT2D eigenvalue weighted by Crippen LogP contribution is 2.22. The SMILES string of the molecule is CC(C)Cc1ccc2ccsc2c1. The van der Waals surface area contributed by atoms with Gasteiger partial charge in [-0.05, 0) is 40.8 Å². The van der Waals surface area contributed by atoms with E-state index in [1.807, 2.05) is 11.3 Å². The highest BCUT2D eigenvalue weighted by Gasteiger charge is 1.99. The molecule has 0 aliphatic heterocycles. The van der Waals surface area contributed by atoms with Crippen LogP contribution in [-0.2, 0) is 6.42 Å². The van der Waals surface area contributed by atoms with Crippen molar-refractivity contribution in [1.82, 2.24) is 0 Å². The molecule has 13 heavy (non-hydrogen) atoms. The van der Waals surface area contributed by atoms with E-state index < -0.39 is 0 Å². The molecule has 0 nitrogen and oxygen atoms in total. The van der Waals surface area contributed by atoms with Gasteiger partial charge in [0.15, 0.2) is 0 Å². The molecule has 1 aromatic heterocycles. The van der Waals surface area contributed by atoms with Gasteiger partial charge in [0, 0.05) is 4.70 Å². The van der Waals surface area contributed by atoms with E-state index in [2.05, 4.69) is 43.5 Å². The molecular weight excluding hydrogens is 176 g/mol. The Morgan fingerprint density at radius 1 is 1.23 bits per heavy atom. The Bertz CT molecular complexity index is 398. The molecule has 0 bridgehead atoms. The Hall–Kier alpha value is -0.820. The smallest absolute Gasteiger partial charge is 0.0345 e. The zero-order valence-corrected chi connectivity index (χ0v) is 8.90. The van der Waals surface area contributed by atoms with Gasteiger partial charge in [-0.1, -0.05) is 26.0 Å². The van der Waals surface area contributed by atoms with Crippen LogP contribution in [0.25, 0.3) is 10.1 Å². The van der Waals surface area contributed by atoms with Crippen LogP contribution >= 0.6 is 11.3 Å². The second-order valence-electron chi connectivity index (χ2n) is 3.89. The Morgan fingerprint density at radius 2 is 2.08 bits per heavy atom. The first-order valence-electron chi connectivity index (χ1n) is 4.72. The summed E-state index contributed by atoms with van der Waals surface area (Å²) in [7, 11) is 0. The van der Waals surface area contributed by atoms with Crippen LogP contribution in [0.2, 0.25) is 0 Å². The predicted octanol–water partition coefficient (Wildman–Crippen LogP) is 4.10. The standard InChI is InChI=1S/C12H14S/c1-9(2)7-10-3-4-11-5-6-13-12(11)8-10/h3-6,8-9H,7H2,1-2H3. The van der Waals surface area contributed by atoms with E-state index in [-0.39, 0.29) is 0 Å². The Kier molecular flexibility index (Phi) is 2.36. The molecule has 68 valence electrons. The van der Waals surface area contributed by atoms with Gasteiger partial charge in [0.25, 0.3) is 0 Å². The average Bonchev–Trinajstić information content (AvgIpc) is 2.49. The van der Waals surface area contributed by atoms with E-state index >= 15 is 0 Å². The summed E-state index contributed by atoms with van der Waals surface area (Å²) in [5.74, 6) is 0.748. The van der Waals surface area contributed by atoms with E-state index in [9.17, 15) is 0 Å². The number of rotatable bonds is 2. The molecule has 1 heterocycles. The summed E-state index contributed by atoms with van der Waals surface area (Å²) in [5, 5.41) is 3.53. The minimum absolute atomic E-state index is 0.748. The Balaban J connectivity index is 2.37. The normalized spacial score (nSPS) is 11.3. The third-order valence-corrected chi connectivity index (χ3v) is 3.04. The summed E-state index contributed by atoms with van der Waals surface area (Å²) in [6.07, 6.45) is 1.19. The van der Waals surface area contributed by atoms with Crippen LogP contribution in [-0.4, -0.2) is 0 Å². The predicted molar refractivity (Wildman–Crippen MR) is 60.4 cm³/mol. The van der Waals surface area contributed by atoms with Gasteiger partial charge in [-0.25, -0.2) is 0 Å². The zero-order valence-electron chi connectivity index (χ0n) is 8.08. The second-order valence-corrected chi connectivity index (χ2v) is 4.84. The molecule has 1 aromatic carbocycles. The molecular formula is C12H14S. The van der Waals surface area contributed by atoms with Crippen molar-refractivity contribution >= 4 is 21.4 Å². The number of hydrogen-bond donors (Lipinski definition) is 0. The molecule has 1 heteroatoms. The van der Waals surface area contributed by atoms with Crippen molar-refractivity contribution in [3.05, 3.63) is 35.2 Å². The van der Waals surface area contributed by atoms with Gasteiger partial charge in [-0.2, -0.15) is 0 Å². The molecule has 2 rings (SSSR count). The van der Waals surface area contributed by atoms with Crippen molar-refractivity contribution in [2.45, 2.75) is 20.3 Å². The van der Waals surface area contributed by atoms with E-state index in [1.54, 1.807) is 0 Å². The quantitative estimate of drug-likeness (QED) is 0.669. The first-order chi connectivity index (χ1) is 6.25. The summed E-state index contributed by atoms with van der Waals surface area (Å²) in [4.78, 5) is 0. The van der Waals surface area contributed by atoms with Crippen molar-refractivity contribution in [2.24, 2.45) is 5.92 Å². The molecule has 0 aliphatic rings. The van der Waals surface area contributed by atoms with Crippen molar-refractivity contribution in [1.29, 1.82) is 0 Å². The van der Waals surface area contributed by atoms with Crippen LogP contribution < -0.4 is 0 Å². The van der Waals surface area contributed by atoms with Gasteiger partial charge in [0.1, 0.15) is 0 Å². The van der Waals surface area contributed by atoms with Gasteiger partial charge < -0.3 is 0 Å². The van der Waals surface area contributed by atoms with Crippen LogP contribution in [0.3, 0.4) is 0 Å². The average molecular weight is 190 g/mol. The fourth-order valence-corrected chi connectivity index (χ4v) is 2.45. The Labute approximate surface area is 83.2 Å². The summed E-state index contributed by atoms with van der Waals surface area (Å²) < 4.78 is 1.41. The molecule has 0 saturated heterocycles. The fourth-order valence-electron chi connectivity index (χ4n) is 1.60. The van der Waals surface area contributed by atoms with Crippen molar-refractivity contribution in [2.75, 3.05) is 0 Å². The van der Waals surface area contributed by atoms with Crippen molar-refractivity contribution in [3.63, 3.8) is 0 Å². The zero-order chi connectivity index (χ0) is 9.26. The molecule has 2 aromatic rings. The lowest BCUT2D eigenvalue weighted by Crippen LogP contribution is -1.92. The minimum Gasteiger partial charge on any atom is -0.144 e. The molecule has 0 amide bonds. The van der Waals surface area contributed by atoms with Gasteiger partial charge >= 0.3 is 0 Å². The van der Waals surface area contributed by atoms with Crippen LogP contribution in [0.1, 0.15) is 19.4 Å². The third kappa shape index (κ3) is 1.92. The van der Waals surface area contributed by atoms with Gasteiger partial charge in [0.05, 0.1) is 0 Å².